The third-order valence-electron chi connectivity index (χ3n) is 3.51. The maximum absolute atomic E-state index is 12.4. The zero-order valence-electron chi connectivity index (χ0n) is 11.2. The normalized spacial score (nSPS) is 19.7. The predicted molar refractivity (Wildman–Crippen MR) is 70.7 cm³/mol. The Hall–Kier alpha value is -2.08. The Balaban J connectivity index is 2.16. The number of aliphatic hydroxyl groups excluding tert-OH is 1. The number of methoxy groups -OCH3 is 1. The maximum Gasteiger partial charge on any atom is 0.334 e. The Morgan fingerprint density at radius 3 is 2.55 bits per heavy atom. The number of likely N-dealkylation sites (tertiary alicyclic amines) is 1. The van der Waals surface area contributed by atoms with Crippen LogP contribution in [-0.2, 0) is 4.79 Å². The molecule has 1 aliphatic heterocycles. The second-order valence-electron chi connectivity index (χ2n) is 4.72. The van der Waals surface area contributed by atoms with E-state index in [-0.39, 0.29) is 5.91 Å². The van der Waals surface area contributed by atoms with Crippen molar-refractivity contribution in [1.29, 1.82) is 0 Å². The van der Waals surface area contributed by atoms with E-state index in [1.807, 2.05) is 0 Å². The van der Waals surface area contributed by atoms with Gasteiger partial charge in [-0.1, -0.05) is 0 Å². The van der Waals surface area contributed by atoms with E-state index < -0.39 is 18.1 Å². The van der Waals surface area contributed by atoms with Crippen molar-refractivity contribution in [2.45, 2.75) is 25.0 Å². The topological polar surface area (TPSA) is 87.1 Å². The van der Waals surface area contributed by atoms with E-state index in [1.54, 1.807) is 24.3 Å². The maximum atomic E-state index is 12.4. The van der Waals surface area contributed by atoms with Gasteiger partial charge in [0.15, 0.2) is 6.10 Å². The van der Waals surface area contributed by atoms with Crippen molar-refractivity contribution in [3.63, 3.8) is 0 Å². The third kappa shape index (κ3) is 2.75. The van der Waals surface area contributed by atoms with Gasteiger partial charge in [-0.15, -0.1) is 0 Å². The van der Waals surface area contributed by atoms with Gasteiger partial charge in [0.05, 0.1) is 13.2 Å². The van der Waals surface area contributed by atoms with Crippen molar-refractivity contribution in [2.24, 2.45) is 0 Å². The minimum absolute atomic E-state index is 0.268. The lowest BCUT2D eigenvalue weighted by molar-refractivity contribution is -0.149. The molecular formula is C14H17NO5. The van der Waals surface area contributed by atoms with Gasteiger partial charge in [-0.05, 0) is 37.1 Å². The number of carbonyl (C=O) groups excluding carboxylic acids is 1. The van der Waals surface area contributed by atoms with Crippen LogP contribution in [0.3, 0.4) is 0 Å². The number of aliphatic hydroxyl groups is 1. The van der Waals surface area contributed by atoms with Gasteiger partial charge in [0.25, 0.3) is 5.91 Å². The molecule has 1 aromatic rings. The Labute approximate surface area is 116 Å². The molecule has 1 aliphatic rings. The molecule has 2 atom stereocenters. The largest absolute Gasteiger partial charge is 0.497 e. The number of hydrogen-bond acceptors (Lipinski definition) is 4. The van der Waals surface area contributed by atoms with Crippen molar-refractivity contribution in [2.75, 3.05) is 13.7 Å². The lowest BCUT2D eigenvalue weighted by atomic mass is 10.1. The first-order valence-corrected chi connectivity index (χ1v) is 6.40. The number of benzene rings is 1. The van der Waals surface area contributed by atoms with Gasteiger partial charge in [-0.25, -0.2) is 4.79 Å². The highest BCUT2D eigenvalue weighted by Crippen LogP contribution is 2.23. The van der Waals surface area contributed by atoms with Crippen LogP contribution in [0.25, 0.3) is 0 Å². The number of aliphatic carboxylic acids is 1. The molecule has 2 N–H and O–H groups in total. The van der Waals surface area contributed by atoms with Crippen LogP contribution in [0.1, 0.15) is 23.2 Å². The van der Waals surface area contributed by atoms with Crippen molar-refractivity contribution in [3.05, 3.63) is 29.8 Å². The van der Waals surface area contributed by atoms with Crippen LogP contribution in [0, 0.1) is 0 Å². The van der Waals surface area contributed by atoms with Gasteiger partial charge in [-0.2, -0.15) is 0 Å². The average Bonchev–Trinajstić information content (AvgIpc) is 2.94. The van der Waals surface area contributed by atoms with Crippen molar-refractivity contribution in [3.8, 4) is 5.75 Å². The fraction of sp³-hybridized carbons (Fsp3) is 0.429. The second kappa shape index (κ2) is 5.92. The van der Waals surface area contributed by atoms with E-state index in [0.29, 0.717) is 30.7 Å². The summed E-state index contributed by atoms with van der Waals surface area (Å²) in [7, 11) is 1.54. The molecule has 20 heavy (non-hydrogen) atoms. The first-order chi connectivity index (χ1) is 9.54. The fourth-order valence-corrected chi connectivity index (χ4v) is 2.44. The van der Waals surface area contributed by atoms with Crippen molar-refractivity contribution in [1.82, 2.24) is 4.90 Å². The van der Waals surface area contributed by atoms with Crippen LogP contribution >= 0.6 is 0 Å². The van der Waals surface area contributed by atoms with E-state index in [1.165, 1.54) is 12.0 Å². The minimum Gasteiger partial charge on any atom is -0.497 e. The predicted octanol–water partition coefficient (Wildman–Crippen LogP) is 0.745. The summed E-state index contributed by atoms with van der Waals surface area (Å²) in [5, 5.41) is 18.5. The zero-order valence-corrected chi connectivity index (χ0v) is 11.2. The van der Waals surface area contributed by atoms with Crippen molar-refractivity contribution >= 4 is 11.9 Å². The molecule has 1 amide bonds. The molecule has 0 saturated carbocycles. The summed E-state index contributed by atoms with van der Waals surface area (Å²) in [6.45, 7) is 0.458. The summed E-state index contributed by atoms with van der Waals surface area (Å²) < 4.78 is 5.02. The van der Waals surface area contributed by atoms with Crippen LogP contribution in [0.5, 0.6) is 5.75 Å². The summed E-state index contributed by atoms with van der Waals surface area (Å²) in [6, 6.07) is 5.94. The number of ether oxygens (including phenoxy) is 1. The number of carbonyl (C=O) groups is 2. The van der Waals surface area contributed by atoms with Crippen molar-refractivity contribution < 1.29 is 24.5 Å². The Kier molecular flexibility index (Phi) is 4.24. The molecule has 0 bridgehead atoms. The molecule has 1 aromatic carbocycles. The first-order valence-electron chi connectivity index (χ1n) is 6.40. The third-order valence-corrected chi connectivity index (χ3v) is 3.51. The van der Waals surface area contributed by atoms with E-state index in [4.69, 9.17) is 9.84 Å². The number of nitrogens with zero attached hydrogens (tertiary/aromatic N) is 1. The highest BCUT2D eigenvalue weighted by atomic mass is 16.5. The monoisotopic (exact) mass is 279 g/mol. The minimum atomic E-state index is -1.54. The van der Waals surface area contributed by atoms with E-state index in [2.05, 4.69) is 0 Å². The smallest absolute Gasteiger partial charge is 0.334 e. The van der Waals surface area contributed by atoms with E-state index in [9.17, 15) is 14.7 Å². The molecule has 0 radical (unpaired) electrons. The zero-order chi connectivity index (χ0) is 14.7. The second-order valence-corrected chi connectivity index (χ2v) is 4.72. The highest BCUT2D eigenvalue weighted by Gasteiger charge is 2.37. The Bertz CT molecular complexity index is 499. The molecule has 6 heteroatoms. The van der Waals surface area contributed by atoms with Gasteiger partial charge in [0, 0.05) is 12.1 Å². The lowest BCUT2D eigenvalue weighted by Gasteiger charge is -2.26. The van der Waals surface area contributed by atoms with E-state index in [0.717, 1.165) is 0 Å². The summed E-state index contributed by atoms with van der Waals surface area (Å²) in [6.07, 6.45) is -0.355. The molecule has 1 fully saturated rings. The average molecular weight is 279 g/mol. The van der Waals surface area contributed by atoms with Gasteiger partial charge >= 0.3 is 5.97 Å². The SMILES string of the molecule is COc1ccc(C(=O)N2CCCC2C(O)C(=O)O)cc1. The van der Waals surface area contributed by atoms with Crippen LogP contribution in [0.4, 0.5) is 0 Å². The van der Waals surface area contributed by atoms with Gasteiger partial charge in [-0.3, -0.25) is 4.79 Å². The molecule has 2 rings (SSSR count). The Morgan fingerprint density at radius 2 is 2.00 bits per heavy atom. The number of carboxylic acids is 1. The molecule has 108 valence electrons. The molecule has 2 unspecified atom stereocenters. The lowest BCUT2D eigenvalue weighted by Crippen LogP contribution is -2.46. The summed E-state index contributed by atoms with van der Waals surface area (Å²) in [5.41, 5.74) is 0.454. The first kappa shape index (κ1) is 14.3. The molecule has 0 aromatic heterocycles. The number of amides is 1. The van der Waals surface area contributed by atoms with Gasteiger partial charge in [0.2, 0.25) is 0 Å². The molecule has 6 nitrogen and oxygen atoms in total. The van der Waals surface area contributed by atoms with Crippen LogP contribution in [0.2, 0.25) is 0 Å². The fourth-order valence-electron chi connectivity index (χ4n) is 2.44. The summed E-state index contributed by atoms with van der Waals surface area (Å²) in [5.74, 6) is -0.926. The summed E-state index contributed by atoms with van der Waals surface area (Å²) >= 11 is 0. The molecule has 1 saturated heterocycles. The highest BCUT2D eigenvalue weighted by molar-refractivity contribution is 5.95. The molecule has 0 aliphatic carbocycles. The number of carboxylic acid groups (broad SMARTS) is 1. The molecule has 0 spiro atoms. The molecular weight excluding hydrogens is 262 g/mol. The quantitative estimate of drug-likeness (QED) is 0.849. The van der Waals surface area contributed by atoms with Gasteiger partial charge < -0.3 is 19.8 Å². The summed E-state index contributed by atoms with van der Waals surface area (Å²) in [4.78, 5) is 24.7. The number of rotatable bonds is 4. The molecule has 1 heterocycles. The van der Waals surface area contributed by atoms with Crippen LogP contribution < -0.4 is 4.74 Å². The standard InChI is InChI=1S/C14H17NO5/c1-20-10-6-4-9(5-7-10)13(17)15-8-2-3-11(15)12(16)14(18)19/h4-7,11-12,16H,2-3,8H2,1H3,(H,18,19). The Morgan fingerprint density at radius 1 is 1.35 bits per heavy atom. The van der Waals surface area contributed by atoms with Crippen LogP contribution in [0.15, 0.2) is 24.3 Å². The number of hydrogen-bond donors (Lipinski definition) is 2. The van der Waals surface area contributed by atoms with Gasteiger partial charge in [0.1, 0.15) is 5.75 Å². The van der Waals surface area contributed by atoms with E-state index >= 15 is 0 Å². The van der Waals surface area contributed by atoms with Crippen LogP contribution in [-0.4, -0.2) is 52.8 Å².